The number of nitrogens with zero attached hydrogens (tertiary/aromatic N) is 1. The maximum atomic E-state index is 10.6. The molecule has 0 fully saturated rings. The second-order valence-electron chi connectivity index (χ2n) is 4.04. The molecule has 0 aliphatic carbocycles. The van der Waals surface area contributed by atoms with E-state index in [4.69, 9.17) is 4.74 Å². The fraction of sp³-hybridized carbons (Fsp3) is 0.900. The number of rotatable bonds is 7. The summed E-state index contributed by atoms with van der Waals surface area (Å²) in [5, 5.41) is 0. The van der Waals surface area contributed by atoms with Crippen LogP contribution in [-0.4, -0.2) is 44.5 Å². The molecule has 3 heteroatoms. The molecule has 0 spiro atoms. The number of hydrogen-bond acceptors (Lipinski definition) is 3. The van der Waals surface area contributed by atoms with Gasteiger partial charge in [-0.25, -0.2) is 0 Å². The molecule has 0 aromatic carbocycles. The predicted molar refractivity (Wildman–Crippen MR) is 53.8 cm³/mol. The average Bonchev–Trinajstić information content (AvgIpc) is 2.04. The molecule has 3 nitrogen and oxygen atoms in total. The highest BCUT2D eigenvalue weighted by molar-refractivity contribution is 5.58. The van der Waals surface area contributed by atoms with Gasteiger partial charge in [-0.3, -0.25) is 0 Å². The van der Waals surface area contributed by atoms with E-state index in [1.54, 1.807) is 0 Å². The van der Waals surface area contributed by atoms with E-state index in [-0.39, 0.29) is 5.41 Å². The van der Waals surface area contributed by atoms with Gasteiger partial charge in [0.1, 0.15) is 6.29 Å². The minimum Gasteiger partial charge on any atom is -0.380 e. The largest absolute Gasteiger partial charge is 0.380 e. The van der Waals surface area contributed by atoms with E-state index < -0.39 is 0 Å². The normalized spacial score (nSPS) is 12.1. The highest BCUT2D eigenvalue weighted by Gasteiger charge is 2.18. The Morgan fingerprint density at radius 1 is 1.46 bits per heavy atom. The average molecular weight is 187 g/mol. The smallest absolute Gasteiger partial charge is 0.126 e. The lowest BCUT2D eigenvalue weighted by atomic mass is 9.95. The Labute approximate surface area is 81.1 Å². The molecule has 0 aromatic rings. The zero-order valence-electron chi connectivity index (χ0n) is 9.17. The van der Waals surface area contributed by atoms with Gasteiger partial charge in [0, 0.05) is 25.1 Å². The highest BCUT2D eigenvalue weighted by Crippen LogP contribution is 2.11. The van der Waals surface area contributed by atoms with E-state index in [1.807, 2.05) is 27.8 Å². The maximum Gasteiger partial charge on any atom is 0.126 e. The number of ether oxygens (including phenoxy) is 1. The second-order valence-corrected chi connectivity index (χ2v) is 4.04. The molecule has 0 unspecified atom stereocenters. The molecule has 0 radical (unpaired) electrons. The van der Waals surface area contributed by atoms with Crippen LogP contribution in [0.3, 0.4) is 0 Å². The van der Waals surface area contributed by atoms with Gasteiger partial charge in [0.2, 0.25) is 0 Å². The lowest BCUT2D eigenvalue weighted by Gasteiger charge is -2.24. The van der Waals surface area contributed by atoms with Crippen molar-refractivity contribution in [2.75, 3.05) is 33.4 Å². The summed E-state index contributed by atoms with van der Waals surface area (Å²) in [6.07, 6.45) is 1.00. The van der Waals surface area contributed by atoms with Gasteiger partial charge in [0.15, 0.2) is 0 Å². The van der Waals surface area contributed by atoms with Crippen LogP contribution in [0.2, 0.25) is 0 Å². The molecule has 0 rings (SSSR count). The first kappa shape index (κ1) is 12.6. The lowest BCUT2D eigenvalue weighted by Crippen LogP contribution is -2.34. The van der Waals surface area contributed by atoms with Crippen molar-refractivity contribution in [3.63, 3.8) is 0 Å². The SMILES string of the molecule is CCOCCN(C)CC(C)(C)C=O. The van der Waals surface area contributed by atoms with Crippen LogP contribution < -0.4 is 0 Å². The van der Waals surface area contributed by atoms with Crippen LogP contribution in [-0.2, 0) is 9.53 Å². The number of carbonyl (C=O) groups is 1. The summed E-state index contributed by atoms with van der Waals surface area (Å²) in [5.41, 5.74) is -0.249. The third kappa shape index (κ3) is 6.72. The van der Waals surface area contributed by atoms with Gasteiger partial charge in [-0.15, -0.1) is 0 Å². The van der Waals surface area contributed by atoms with E-state index in [0.717, 1.165) is 32.6 Å². The Balaban J connectivity index is 3.61. The summed E-state index contributed by atoms with van der Waals surface area (Å²) in [5.74, 6) is 0. The van der Waals surface area contributed by atoms with Crippen molar-refractivity contribution >= 4 is 6.29 Å². The first-order valence-corrected chi connectivity index (χ1v) is 4.74. The van der Waals surface area contributed by atoms with E-state index >= 15 is 0 Å². The van der Waals surface area contributed by atoms with E-state index in [2.05, 4.69) is 4.90 Å². The summed E-state index contributed by atoms with van der Waals surface area (Å²) in [6.45, 7) is 9.02. The topological polar surface area (TPSA) is 29.5 Å². The lowest BCUT2D eigenvalue weighted by molar-refractivity contribution is -0.115. The first-order chi connectivity index (χ1) is 6.02. The van der Waals surface area contributed by atoms with Crippen LogP contribution in [0, 0.1) is 5.41 Å². The molecule has 0 aliphatic heterocycles. The Kier molecular flexibility index (Phi) is 5.91. The predicted octanol–water partition coefficient (Wildman–Crippen LogP) is 1.18. The number of hydrogen-bond donors (Lipinski definition) is 0. The molecule has 0 aliphatic rings. The molecular formula is C10H21NO2. The third-order valence-corrected chi connectivity index (χ3v) is 1.82. The fourth-order valence-electron chi connectivity index (χ4n) is 1.18. The maximum absolute atomic E-state index is 10.6. The van der Waals surface area contributed by atoms with Crippen molar-refractivity contribution in [3.8, 4) is 0 Å². The Hall–Kier alpha value is -0.410. The summed E-state index contributed by atoms with van der Waals surface area (Å²) < 4.78 is 5.22. The minimum absolute atomic E-state index is 0.249. The number of aldehydes is 1. The summed E-state index contributed by atoms with van der Waals surface area (Å²) >= 11 is 0. The molecular weight excluding hydrogens is 166 g/mol. The zero-order valence-corrected chi connectivity index (χ0v) is 9.17. The number of carbonyl (C=O) groups excluding carboxylic acids is 1. The molecule has 0 atom stereocenters. The van der Waals surface area contributed by atoms with Gasteiger partial charge < -0.3 is 14.4 Å². The van der Waals surface area contributed by atoms with Crippen molar-refractivity contribution in [1.82, 2.24) is 4.90 Å². The zero-order chi connectivity index (χ0) is 10.3. The van der Waals surface area contributed by atoms with Crippen LogP contribution in [0.5, 0.6) is 0 Å². The van der Waals surface area contributed by atoms with Crippen molar-refractivity contribution in [3.05, 3.63) is 0 Å². The summed E-state index contributed by atoms with van der Waals surface area (Å²) in [4.78, 5) is 12.7. The Morgan fingerprint density at radius 3 is 2.54 bits per heavy atom. The molecule has 0 saturated carbocycles. The van der Waals surface area contributed by atoms with Crippen LogP contribution in [0.1, 0.15) is 20.8 Å². The standard InChI is InChI=1S/C10H21NO2/c1-5-13-7-6-11(4)8-10(2,3)9-12/h9H,5-8H2,1-4H3. The van der Waals surface area contributed by atoms with E-state index in [9.17, 15) is 4.79 Å². The van der Waals surface area contributed by atoms with Crippen LogP contribution in [0.25, 0.3) is 0 Å². The monoisotopic (exact) mass is 187 g/mol. The summed E-state index contributed by atoms with van der Waals surface area (Å²) in [7, 11) is 2.00. The van der Waals surface area contributed by atoms with Crippen molar-refractivity contribution < 1.29 is 9.53 Å². The van der Waals surface area contributed by atoms with Gasteiger partial charge in [-0.2, -0.15) is 0 Å². The number of likely N-dealkylation sites (N-methyl/N-ethyl adjacent to an activating group) is 1. The van der Waals surface area contributed by atoms with Gasteiger partial charge in [0.25, 0.3) is 0 Å². The first-order valence-electron chi connectivity index (χ1n) is 4.74. The van der Waals surface area contributed by atoms with Crippen LogP contribution >= 0.6 is 0 Å². The Bertz CT molecular complexity index is 146. The molecule has 0 amide bonds. The highest BCUT2D eigenvalue weighted by atomic mass is 16.5. The molecule has 13 heavy (non-hydrogen) atoms. The van der Waals surface area contributed by atoms with E-state index in [0.29, 0.717) is 0 Å². The van der Waals surface area contributed by atoms with Crippen LogP contribution in [0.15, 0.2) is 0 Å². The molecule has 0 N–H and O–H groups in total. The van der Waals surface area contributed by atoms with Crippen LogP contribution in [0.4, 0.5) is 0 Å². The Morgan fingerprint density at radius 2 is 2.08 bits per heavy atom. The minimum atomic E-state index is -0.249. The molecule has 0 saturated heterocycles. The van der Waals surface area contributed by atoms with Gasteiger partial charge in [-0.1, -0.05) is 13.8 Å². The van der Waals surface area contributed by atoms with Gasteiger partial charge >= 0.3 is 0 Å². The fourth-order valence-corrected chi connectivity index (χ4v) is 1.18. The molecule has 0 aromatic heterocycles. The van der Waals surface area contributed by atoms with Crippen molar-refractivity contribution in [2.45, 2.75) is 20.8 Å². The summed E-state index contributed by atoms with van der Waals surface area (Å²) in [6, 6.07) is 0. The molecule has 78 valence electrons. The quantitative estimate of drug-likeness (QED) is 0.443. The van der Waals surface area contributed by atoms with Crippen molar-refractivity contribution in [1.29, 1.82) is 0 Å². The molecule has 0 heterocycles. The van der Waals surface area contributed by atoms with Crippen molar-refractivity contribution in [2.24, 2.45) is 5.41 Å². The molecule has 0 bridgehead atoms. The third-order valence-electron chi connectivity index (χ3n) is 1.82. The van der Waals surface area contributed by atoms with Gasteiger partial charge in [0.05, 0.1) is 6.61 Å². The van der Waals surface area contributed by atoms with Gasteiger partial charge in [-0.05, 0) is 14.0 Å². The van der Waals surface area contributed by atoms with E-state index in [1.165, 1.54) is 0 Å². The second kappa shape index (κ2) is 6.11.